The van der Waals surface area contributed by atoms with Gasteiger partial charge < -0.3 is 5.32 Å². The van der Waals surface area contributed by atoms with Crippen LogP contribution < -0.4 is 5.32 Å². The molecule has 1 aromatic carbocycles. The first kappa shape index (κ1) is 14.7. The van der Waals surface area contributed by atoms with Gasteiger partial charge in [0.2, 0.25) is 0 Å². The summed E-state index contributed by atoms with van der Waals surface area (Å²) in [6, 6.07) is 9.20. The van der Waals surface area contributed by atoms with Crippen molar-refractivity contribution in [1.82, 2.24) is 20.7 Å². The molecule has 1 aromatic heterocycles. The van der Waals surface area contributed by atoms with Gasteiger partial charge in [0.05, 0.1) is 12.2 Å². The molecule has 20 heavy (non-hydrogen) atoms. The molecule has 1 heterocycles. The standard InChI is InChI=1S/C16H24N4/c1-11(2)18-15(14-10-17-20-19-14)12-6-8-13(9-7-12)16(3,4)5/h6-11,15,18H,1-5H3,(H,17,19,20)/t15-/m1/s1. The average Bonchev–Trinajstić information content (AvgIpc) is 2.88. The van der Waals surface area contributed by atoms with E-state index in [-0.39, 0.29) is 11.5 Å². The minimum Gasteiger partial charge on any atom is -0.303 e. The van der Waals surface area contributed by atoms with Gasteiger partial charge in [0.1, 0.15) is 5.69 Å². The Morgan fingerprint density at radius 3 is 2.20 bits per heavy atom. The fourth-order valence-corrected chi connectivity index (χ4v) is 2.21. The lowest BCUT2D eigenvalue weighted by Gasteiger charge is -2.22. The van der Waals surface area contributed by atoms with E-state index in [1.165, 1.54) is 11.1 Å². The number of hydrogen-bond donors (Lipinski definition) is 2. The molecule has 0 unspecified atom stereocenters. The Balaban J connectivity index is 2.30. The molecular weight excluding hydrogens is 248 g/mol. The predicted molar refractivity (Wildman–Crippen MR) is 81.6 cm³/mol. The van der Waals surface area contributed by atoms with Gasteiger partial charge >= 0.3 is 0 Å². The zero-order chi connectivity index (χ0) is 14.8. The molecule has 108 valence electrons. The van der Waals surface area contributed by atoms with E-state index in [9.17, 15) is 0 Å². The lowest BCUT2D eigenvalue weighted by Crippen LogP contribution is -2.29. The predicted octanol–water partition coefficient (Wildman–Crippen LogP) is 3.19. The summed E-state index contributed by atoms with van der Waals surface area (Å²) in [5, 5.41) is 14.4. The summed E-state index contributed by atoms with van der Waals surface area (Å²) in [6.07, 6.45) is 1.78. The number of hydrogen-bond acceptors (Lipinski definition) is 3. The molecule has 2 aromatic rings. The zero-order valence-corrected chi connectivity index (χ0v) is 12.9. The Kier molecular flexibility index (Phi) is 4.23. The minimum absolute atomic E-state index is 0.0720. The van der Waals surface area contributed by atoms with Crippen molar-refractivity contribution in [3.63, 3.8) is 0 Å². The van der Waals surface area contributed by atoms with Crippen molar-refractivity contribution in [2.24, 2.45) is 0 Å². The Morgan fingerprint density at radius 1 is 1.10 bits per heavy atom. The van der Waals surface area contributed by atoms with Crippen molar-refractivity contribution in [2.75, 3.05) is 0 Å². The van der Waals surface area contributed by atoms with Gasteiger partial charge in [-0.1, -0.05) is 45.0 Å². The maximum absolute atomic E-state index is 4.22. The van der Waals surface area contributed by atoms with E-state index in [1.807, 2.05) is 0 Å². The monoisotopic (exact) mass is 272 g/mol. The van der Waals surface area contributed by atoms with Crippen molar-refractivity contribution in [2.45, 2.75) is 52.1 Å². The van der Waals surface area contributed by atoms with Crippen LogP contribution in [0.3, 0.4) is 0 Å². The Morgan fingerprint density at radius 2 is 1.75 bits per heavy atom. The van der Waals surface area contributed by atoms with Gasteiger partial charge in [-0.2, -0.15) is 15.4 Å². The molecule has 0 aliphatic heterocycles. The maximum atomic E-state index is 4.22. The van der Waals surface area contributed by atoms with Crippen LogP contribution in [0.15, 0.2) is 30.5 Å². The molecule has 4 nitrogen and oxygen atoms in total. The highest BCUT2D eigenvalue weighted by molar-refractivity contribution is 5.32. The minimum atomic E-state index is 0.0720. The normalized spacial score (nSPS) is 13.7. The summed E-state index contributed by atoms with van der Waals surface area (Å²) < 4.78 is 0. The lowest BCUT2D eigenvalue weighted by molar-refractivity contribution is 0.518. The topological polar surface area (TPSA) is 53.6 Å². The van der Waals surface area contributed by atoms with Gasteiger partial charge in [0.25, 0.3) is 0 Å². The molecule has 0 aliphatic rings. The van der Waals surface area contributed by atoms with Crippen molar-refractivity contribution < 1.29 is 0 Å². The number of nitrogens with zero attached hydrogens (tertiary/aromatic N) is 2. The largest absolute Gasteiger partial charge is 0.303 e. The second-order valence-corrected chi connectivity index (χ2v) is 6.52. The molecule has 0 aliphatic carbocycles. The van der Waals surface area contributed by atoms with E-state index >= 15 is 0 Å². The Bertz CT molecular complexity index is 521. The summed E-state index contributed by atoms with van der Waals surface area (Å²) >= 11 is 0. The van der Waals surface area contributed by atoms with Crippen LogP contribution in [0.25, 0.3) is 0 Å². The van der Waals surface area contributed by atoms with Crippen LogP contribution in [-0.4, -0.2) is 21.5 Å². The lowest BCUT2D eigenvalue weighted by atomic mass is 9.86. The molecule has 0 saturated heterocycles. The summed E-state index contributed by atoms with van der Waals surface area (Å²) in [5.41, 5.74) is 3.64. The number of aromatic nitrogens is 3. The van der Waals surface area contributed by atoms with Crippen LogP contribution in [0.5, 0.6) is 0 Å². The molecule has 2 N–H and O–H groups in total. The molecule has 1 atom stereocenters. The smallest absolute Gasteiger partial charge is 0.104 e. The fourth-order valence-electron chi connectivity index (χ4n) is 2.21. The van der Waals surface area contributed by atoms with Crippen molar-refractivity contribution in [3.8, 4) is 0 Å². The number of aromatic amines is 1. The van der Waals surface area contributed by atoms with E-state index in [1.54, 1.807) is 6.20 Å². The van der Waals surface area contributed by atoms with Crippen molar-refractivity contribution >= 4 is 0 Å². The van der Waals surface area contributed by atoms with Gasteiger partial charge in [0.15, 0.2) is 0 Å². The maximum Gasteiger partial charge on any atom is 0.104 e. The van der Waals surface area contributed by atoms with Crippen molar-refractivity contribution in [1.29, 1.82) is 0 Å². The second-order valence-electron chi connectivity index (χ2n) is 6.52. The number of rotatable bonds is 4. The molecule has 0 fully saturated rings. The number of H-pyrrole nitrogens is 1. The third-order valence-corrected chi connectivity index (χ3v) is 3.34. The van der Waals surface area contributed by atoms with Crippen LogP contribution in [0, 0.1) is 0 Å². The molecule has 0 radical (unpaired) electrons. The van der Waals surface area contributed by atoms with Gasteiger partial charge in [-0.05, 0) is 30.4 Å². The summed E-state index contributed by atoms with van der Waals surface area (Å²) in [6.45, 7) is 10.9. The highest BCUT2D eigenvalue weighted by atomic mass is 15.3. The van der Waals surface area contributed by atoms with Gasteiger partial charge in [-0.3, -0.25) is 0 Å². The first-order valence-electron chi connectivity index (χ1n) is 7.10. The molecule has 0 saturated carbocycles. The summed E-state index contributed by atoms with van der Waals surface area (Å²) in [5.74, 6) is 0. The van der Waals surface area contributed by atoms with Crippen LogP contribution in [-0.2, 0) is 5.41 Å². The Labute approximate surface area is 121 Å². The molecule has 4 heteroatoms. The highest BCUT2D eigenvalue weighted by Gasteiger charge is 2.19. The molecule has 2 rings (SSSR count). The zero-order valence-electron chi connectivity index (χ0n) is 12.9. The number of nitrogens with one attached hydrogen (secondary N) is 2. The molecule has 0 bridgehead atoms. The fraction of sp³-hybridized carbons (Fsp3) is 0.500. The second kappa shape index (κ2) is 5.75. The first-order chi connectivity index (χ1) is 9.38. The number of benzene rings is 1. The molecule has 0 amide bonds. The van der Waals surface area contributed by atoms with E-state index < -0.39 is 0 Å². The summed E-state index contributed by atoms with van der Waals surface area (Å²) in [7, 11) is 0. The van der Waals surface area contributed by atoms with Gasteiger partial charge in [-0.25, -0.2) is 0 Å². The van der Waals surface area contributed by atoms with Crippen molar-refractivity contribution in [3.05, 3.63) is 47.3 Å². The van der Waals surface area contributed by atoms with Gasteiger partial charge in [-0.15, -0.1) is 0 Å². The van der Waals surface area contributed by atoms with Crippen LogP contribution in [0.1, 0.15) is 57.5 Å². The van der Waals surface area contributed by atoms with E-state index in [4.69, 9.17) is 0 Å². The highest BCUT2D eigenvalue weighted by Crippen LogP contribution is 2.26. The van der Waals surface area contributed by atoms with Crippen LogP contribution >= 0.6 is 0 Å². The Hall–Kier alpha value is -1.68. The average molecular weight is 272 g/mol. The van der Waals surface area contributed by atoms with E-state index in [0.717, 1.165) is 5.69 Å². The van der Waals surface area contributed by atoms with E-state index in [0.29, 0.717) is 6.04 Å². The third-order valence-electron chi connectivity index (χ3n) is 3.34. The first-order valence-corrected chi connectivity index (χ1v) is 7.10. The SMILES string of the molecule is CC(C)N[C@H](c1ccc(C(C)(C)C)cc1)c1cn[nH]n1. The summed E-state index contributed by atoms with van der Waals surface area (Å²) in [4.78, 5) is 0. The van der Waals surface area contributed by atoms with E-state index in [2.05, 4.69) is 79.6 Å². The third kappa shape index (κ3) is 3.45. The molecular formula is C16H24N4. The van der Waals surface area contributed by atoms with Crippen LogP contribution in [0.2, 0.25) is 0 Å². The van der Waals surface area contributed by atoms with Gasteiger partial charge in [0, 0.05) is 6.04 Å². The molecule has 0 spiro atoms. The quantitative estimate of drug-likeness (QED) is 0.898. The van der Waals surface area contributed by atoms with Crippen LogP contribution in [0.4, 0.5) is 0 Å².